The van der Waals surface area contributed by atoms with Crippen LogP contribution in [0.3, 0.4) is 0 Å². The summed E-state index contributed by atoms with van der Waals surface area (Å²) < 4.78 is 26.9. The molecule has 0 aromatic carbocycles. The van der Waals surface area contributed by atoms with Crippen molar-refractivity contribution in [3.05, 3.63) is 0 Å². The van der Waals surface area contributed by atoms with Crippen LogP contribution in [-0.2, 0) is 19.4 Å². The highest BCUT2D eigenvalue weighted by Crippen LogP contribution is 2.17. The van der Waals surface area contributed by atoms with E-state index in [1.54, 1.807) is 0 Å². The lowest BCUT2D eigenvalue weighted by Gasteiger charge is -2.11. The Morgan fingerprint density at radius 3 is 2.81 bits per heavy atom. The maximum atomic E-state index is 11.2. The minimum Gasteiger partial charge on any atom is -0.468 e. The highest BCUT2D eigenvalue weighted by Gasteiger charge is 2.27. The van der Waals surface area contributed by atoms with E-state index in [4.69, 9.17) is 0 Å². The summed E-state index contributed by atoms with van der Waals surface area (Å²) in [5.41, 5.74) is 0. The van der Waals surface area contributed by atoms with Gasteiger partial charge in [-0.1, -0.05) is 15.9 Å². The van der Waals surface area contributed by atoms with Gasteiger partial charge < -0.3 is 10.1 Å². The number of carbonyl (C=O) groups excluding carboxylic acids is 1. The van der Waals surface area contributed by atoms with E-state index < -0.39 is 9.84 Å². The maximum Gasteiger partial charge on any atom is 0.320 e. The van der Waals surface area contributed by atoms with Crippen LogP contribution < -0.4 is 5.32 Å². The minimum absolute atomic E-state index is 0.169. The molecule has 0 aromatic heterocycles. The Kier molecular flexibility index (Phi) is 5.20. The van der Waals surface area contributed by atoms with Crippen molar-refractivity contribution in [2.45, 2.75) is 11.2 Å². The van der Waals surface area contributed by atoms with E-state index in [2.05, 4.69) is 26.0 Å². The van der Waals surface area contributed by atoms with Crippen molar-refractivity contribution in [3.63, 3.8) is 0 Å². The van der Waals surface area contributed by atoms with Gasteiger partial charge in [-0.2, -0.15) is 0 Å². The largest absolute Gasteiger partial charge is 0.468 e. The van der Waals surface area contributed by atoms with Gasteiger partial charge in [0.25, 0.3) is 0 Å². The lowest BCUT2D eigenvalue weighted by atomic mass is 10.1. The Hall–Kier alpha value is -0.140. The summed E-state index contributed by atoms with van der Waals surface area (Å²) in [4.78, 5) is 10.7. The first-order valence-corrected chi connectivity index (χ1v) is 7.81. The van der Waals surface area contributed by atoms with Crippen LogP contribution in [-0.4, -0.2) is 50.9 Å². The second-order valence-electron chi connectivity index (χ2n) is 3.92. The molecular weight excluding hydrogens is 298 g/mol. The highest BCUT2D eigenvalue weighted by atomic mass is 79.9. The minimum atomic E-state index is -2.81. The predicted octanol–water partition coefficient (Wildman–Crippen LogP) is -0.0528. The van der Waals surface area contributed by atoms with Gasteiger partial charge in [0.15, 0.2) is 9.84 Å². The summed E-state index contributed by atoms with van der Waals surface area (Å²) in [5.74, 6) is 0.383. The smallest absolute Gasteiger partial charge is 0.320 e. The van der Waals surface area contributed by atoms with Crippen molar-refractivity contribution in [1.29, 1.82) is 0 Å². The fourth-order valence-electron chi connectivity index (χ4n) is 1.66. The van der Waals surface area contributed by atoms with Gasteiger partial charge in [0, 0.05) is 6.54 Å². The number of hydrogen-bond donors (Lipinski definition) is 1. The van der Waals surface area contributed by atoms with E-state index in [0.29, 0.717) is 19.5 Å². The van der Waals surface area contributed by atoms with Crippen LogP contribution in [0.4, 0.5) is 0 Å². The zero-order chi connectivity index (χ0) is 12.2. The first-order chi connectivity index (χ1) is 7.44. The molecule has 1 fully saturated rings. The van der Waals surface area contributed by atoms with Crippen LogP contribution in [0.2, 0.25) is 0 Å². The standard InChI is InChI=1S/C9H16BrNO4S/c1-15-9(12)8(10)5-11-4-7-2-3-16(13,14)6-7/h7-8,11H,2-6H2,1H3. The topological polar surface area (TPSA) is 72.5 Å². The third kappa shape index (κ3) is 4.39. The molecule has 7 heteroatoms. The number of methoxy groups -OCH3 is 1. The summed E-state index contributed by atoms with van der Waals surface area (Å²) in [6.45, 7) is 1.07. The summed E-state index contributed by atoms with van der Waals surface area (Å²) in [6.07, 6.45) is 0.709. The molecule has 1 heterocycles. The van der Waals surface area contributed by atoms with Gasteiger partial charge >= 0.3 is 5.97 Å². The second kappa shape index (κ2) is 5.97. The number of hydrogen-bond acceptors (Lipinski definition) is 5. The van der Waals surface area contributed by atoms with Crippen LogP contribution in [0.1, 0.15) is 6.42 Å². The third-order valence-electron chi connectivity index (χ3n) is 2.54. The number of esters is 1. The van der Waals surface area contributed by atoms with E-state index in [9.17, 15) is 13.2 Å². The van der Waals surface area contributed by atoms with Gasteiger partial charge in [-0.05, 0) is 18.9 Å². The van der Waals surface area contributed by atoms with Crippen LogP contribution in [0, 0.1) is 5.92 Å². The number of nitrogens with one attached hydrogen (secondary N) is 1. The molecule has 0 saturated carbocycles. The predicted molar refractivity (Wildman–Crippen MR) is 64.4 cm³/mol. The molecule has 94 valence electrons. The van der Waals surface area contributed by atoms with Crippen molar-refractivity contribution in [1.82, 2.24) is 5.32 Å². The van der Waals surface area contributed by atoms with Gasteiger partial charge in [-0.25, -0.2) is 8.42 Å². The van der Waals surface area contributed by atoms with Gasteiger partial charge in [0.2, 0.25) is 0 Å². The van der Waals surface area contributed by atoms with Crippen molar-refractivity contribution in [2.75, 3.05) is 31.7 Å². The Balaban J connectivity index is 2.19. The van der Waals surface area contributed by atoms with E-state index in [-0.39, 0.29) is 28.2 Å². The summed E-state index contributed by atoms with van der Waals surface area (Å²) in [7, 11) is -1.48. The van der Waals surface area contributed by atoms with Crippen LogP contribution >= 0.6 is 15.9 Å². The average Bonchev–Trinajstić information content (AvgIpc) is 2.57. The molecule has 2 atom stereocenters. The number of alkyl halides is 1. The van der Waals surface area contributed by atoms with Gasteiger partial charge in [-0.3, -0.25) is 4.79 Å². The third-order valence-corrected chi connectivity index (χ3v) is 5.07. The molecule has 5 nitrogen and oxygen atoms in total. The summed E-state index contributed by atoms with van der Waals surface area (Å²) >= 11 is 3.18. The molecule has 0 aromatic rings. The zero-order valence-corrected chi connectivity index (χ0v) is 11.5. The first-order valence-electron chi connectivity index (χ1n) is 5.07. The quantitative estimate of drug-likeness (QED) is 0.569. The molecule has 0 aliphatic carbocycles. The Morgan fingerprint density at radius 1 is 1.62 bits per heavy atom. The molecule has 2 unspecified atom stereocenters. The number of carbonyl (C=O) groups is 1. The highest BCUT2D eigenvalue weighted by molar-refractivity contribution is 9.10. The van der Waals surface area contributed by atoms with E-state index >= 15 is 0 Å². The molecule has 1 aliphatic heterocycles. The molecule has 16 heavy (non-hydrogen) atoms. The Labute approximate surface area is 104 Å². The van der Waals surface area contributed by atoms with E-state index in [1.807, 2.05) is 0 Å². The Bertz CT molecular complexity index is 343. The summed E-state index contributed by atoms with van der Waals surface area (Å²) in [6, 6.07) is 0. The van der Waals surface area contributed by atoms with Crippen LogP contribution in [0.15, 0.2) is 0 Å². The molecular formula is C9H16BrNO4S. The maximum absolute atomic E-state index is 11.2. The second-order valence-corrected chi connectivity index (χ2v) is 7.25. The van der Waals surface area contributed by atoms with Gasteiger partial charge in [0.05, 0.1) is 18.6 Å². The fourth-order valence-corrected chi connectivity index (χ4v) is 3.94. The molecule has 1 saturated heterocycles. The molecule has 0 spiro atoms. The van der Waals surface area contributed by atoms with E-state index in [1.165, 1.54) is 7.11 Å². The molecule has 1 N–H and O–H groups in total. The number of ether oxygens (including phenoxy) is 1. The normalized spacial score (nSPS) is 25.2. The number of halogens is 1. The number of rotatable bonds is 5. The summed E-state index contributed by atoms with van der Waals surface area (Å²) in [5, 5.41) is 3.07. The van der Waals surface area contributed by atoms with Gasteiger partial charge in [-0.15, -0.1) is 0 Å². The van der Waals surface area contributed by atoms with Crippen molar-refractivity contribution < 1.29 is 17.9 Å². The van der Waals surface area contributed by atoms with Crippen LogP contribution in [0.25, 0.3) is 0 Å². The van der Waals surface area contributed by atoms with Crippen molar-refractivity contribution in [2.24, 2.45) is 5.92 Å². The van der Waals surface area contributed by atoms with Gasteiger partial charge in [0.1, 0.15) is 4.83 Å². The van der Waals surface area contributed by atoms with Crippen LogP contribution in [0.5, 0.6) is 0 Å². The molecule has 0 bridgehead atoms. The molecule has 1 aliphatic rings. The zero-order valence-electron chi connectivity index (χ0n) is 9.11. The SMILES string of the molecule is COC(=O)C(Br)CNCC1CCS(=O)(=O)C1. The molecule has 0 radical (unpaired) electrons. The number of sulfone groups is 1. The lowest BCUT2D eigenvalue weighted by molar-refractivity contribution is -0.139. The lowest BCUT2D eigenvalue weighted by Crippen LogP contribution is -2.33. The molecule has 1 rings (SSSR count). The monoisotopic (exact) mass is 313 g/mol. The fraction of sp³-hybridized carbons (Fsp3) is 0.889. The first kappa shape index (κ1) is 13.9. The van der Waals surface area contributed by atoms with Crippen molar-refractivity contribution >= 4 is 31.7 Å². The van der Waals surface area contributed by atoms with Crippen molar-refractivity contribution in [3.8, 4) is 0 Å². The average molecular weight is 314 g/mol. The van der Waals surface area contributed by atoms with E-state index in [0.717, 1.165) is 0 Å². The Morgan fingerprint density at radius 2 is 2.31 bits per heavy atom. The molecule has 0 amide bonds.